The van der Waals surface area contributed by atoms with E-state index in [1.807, 2.05) is 0 Å². The number of rotatable bonds is 9. The van der Waals surface area contributed by atoms with Crippen molar-refractivity contribution in [1.82, 2.24) is 20.3 Å². The quantitative estimate of drug-likeness (QED) is 0.423. The van der Waals surface area contributed by atoms with Crippen LogP contribution in [0, 0.1) is 5.82 Å². The number of hydrogen-bond donors (Lipinski definition) is 3. The zero-order valence-electron chi connectivity index (χ0n) is 18.2. The lowest BCUT2D eigenvalue weighted by molar-refractivity contribution is 0.0948. The normalized spacial score (nSPS) is 12.2. The molecule has 4 rings (SSSR count). The van der Waals surface area contributed by atoms with Gasteiger partial charge in [0, 0.05) is 62.3 Å². The first kappa shape index (κ1) is 22.4. The van der Waals surface area contributed by atoms with Gasteiger partial charge in [-0.1, -0.05) is 0 Å². The topological polar surface area (TPSA) is 124 Å². The summed E-state index contributed by atoms with van der Waals surface area (Å²) in [5.41, 5.74) is 8.69. The maximum absolute atomic E-state index is 14.4. The number of nitrogens with one attached hydrogen (secondary N) is 2. The molecule has 0 atom stereocenters. The average molecular weight is 452 g/mol. The van der Waals surface area contributed by atoms with Crippen LogP contribution in [0.5, 0.6) is 5.75 Å². The first-order chi connectivity index (χ1) is 16.1. The molecule has 1 aliphatic heterocycles. The number of nitrogens with two attached hydrogens (primary N) is 1. The summed E-state index contributed by atoms with van der Waals surface area (Å²) in [5, 5.41) is 5.99. The van der Waals surface area contributed by atoms with Gasteiger partial charge < -0.3 is 25.8 Å². The zero-order valence-corrected chi connectivity index (χ0v) is 18.2. The van der Waals surface area contributed by atoms with Crippen LogP contribution in [0.25, 0.3) is 11.3 Å². The number of halogens is 1. The summed E-state index contributed by atoms with van der Waals surface area (Å²) in [5.74, 6) is 0.782. The van der Waals surface area contributed by atoms with Gasteiger partial charge in [-0.05, 0) is 30.7 Å². The number of amides is 1. The Morgan fingerprint density at radius 3 is 3.00 bits per heavy atom. The minimum atomic E-state index is -0.403. The molecule has 33 heavy (non-hydrogen) atoms. The number of nitrogen functional groups attached to an aromatic ring is 1. The van der Waals surface area contributed by atoms with Crippen LogP contribution in [-0.4, -0.2) is 47.7 Å². The minimum Gasteiger partial charge on any atom is -0.492 e. The fourth-order valence-corrected chi connectivity index (χ4v) is 3.60. The Morgan fingerprint density at radius 1 is 1.30 bits per heavy atom. The van der Waals surface area contributed by atoms with Gasteiger partial charge in [0.2, 0.25) is 5.95 Å². The lowest BCUT2D eigenvalue weighted by Gasteiger charge is -2.13. The second kappa shape index (κ2) is 10.2. The highest BCUT2D eigenvalue weighted by molar-refractivity contribution is 5.94. The van der Waals surface area contributed by atoms with E-state index < -0.39 is 5.82 Å². The lowest BCUT2D eigenvalue weighted by Crippen LogP contribution is -2.25. The lowest BCUT2D eigenvalue weighted by atomic mass is 10.1. The molecule has 0 saturated heterocycles. The number of benzene rings is 1. The van der Waals surface area contributed by atoms with Crippen molar-refractivity contribution in [2.45, 2.75) is 19.4 Å². The number of ether oxygens (including phenoxy) is 2. The van der Waals surface area contributed by atoms with Crippen molar-refractivity contribution in [3.05, 3.63) is 59.2 Å². The maximum Gasteiger partial charge on any atom is 0.251 e. The Bertz CT molecular complexity index is 1160. The summed E-state index contributed by atoms with van der Waals surface area (Å²) >= 11 is 0. The number of fused-ring (bicyclic) bond motifs is 1. The fraction of sp³-hybridized carbons (Fsp3) is 0.304. The predicted molar refractivity (Wildman–Crippen MR) is 121 cm³/mol. The van der Waals surface area contributed by atoms with Crippen LogP contribution < -0.4 is 21.1 Å². The number of aromatic nitrogens is 3. The zero-order chi connectivity index (χ0) is 23.2. The van der Waals surface area contributed by atoms with Crippen molar-refractivity contribution in [2.75, 3.05) is 37.9 Å². The van der Waals surface area contributed by atoms with Crippen molar-refractivity contribution in [3.8, 4) is 17.0 Å². The highest BCUT2D eigenvalue weighted by atomic mass is 19.1. The van der Waals surface area contributed by atoms with Gasteiger partial charge in [-0.15, -0.1) is 0 Å². The Morgan fingerprint density at radius 2 is 2.18 bits per heavy atom. The van der Waals surface area contributed by atoms with Crippen molar-refractivity contribution in [1.29, 1.82) is 0 Å². The van der Waals surface area contributed by atoms with E-state index in [1.54, 1.807) is 31.6 Å². The molecular formula is C23H25FN6O3. The van der Waals surface area contributed by atoms with Gasteiger partial charge in [0.1, 0.15) is 17.4 Å². The minimum absolute atomic E-state index is 0.163. The highest BCUT2D eigenvalue weighted by Crippen LogP contribution is 2.39. The van der Waals surface area contributed by atoms with E-state index in [1.165, 1.54) is 12.1 Å². The van der Waals surface area contributed by atoms with E-state index >= 15 is 0 Å². The summed E-state index contributed by atoms with van der Waals surface area (Å²) in [6.45, 7) is 1.72. The standard InChI is InChI=1S/C23H25FN6O3/c1-32-9-2-7-26-22(31)14-3-4-18(24)15(11-14)12-28-21-16-6-10-33-20(16)17(13-29-21)19-5-8-27-23(25)30-19/h3-5,8,11,13H,2,6-7,9-10,12H2,1H3,(H,26,31)(H,28,29)(H2,25,27,30). The summed E-state index contributed by atoms with van der Waals surface area (Å²) < 4.78 is 25.2. The molecule has 4 N–H and O–H groups in total. The summed E-state index contributed by atoms with van der Waals surface area (Å²) in [7, 11) is 1.61. The van der Waals surface area contributed by atoms with Crippen LogP contribution in [0.3, 0.4) is 0 Å². The largest absolute Gasteiger partial charge is 0.492 e. The van der Waals surface area contributed by atoms with E-state index in [9.17, 15) is 9.18 Å². The molecule has 0 unspecified atom stereocenters. The van der Waals surface area contributed by atoms with Gasteiger partial charge in [-0.25, -0.2) is 19.3 Å². The molecule has 2 aromatic heterocycles. The first-order valence-electron chi connectivity index (χ1n) is 10.6. The van der Waals surface area contributed by atoms with Gasteiger partial charge >= 0.3 is 0 Å². The Labute approximate surface area is 190 Å². The third kappa shape index (κ3) is 5.17. The number of methoxy groups -OCH3 is 1. The third-order valence-electron chi connectivity index (χ3n) is 5.24. The predicted octanol–water partition coefficient (Wildman–Crippen LogP) is 2.57. The maximum atomic E-state index is 14.4. The van der Waals surface area contributed by atoms with Crippen LogP contribution in [0.2, 0.25) is 0 Å². The number of carbonyl (C=O) groups excluding carboxylic acids is 1. The molecule has 0 fully saturated rings. The summed E-state index contributed by atoms with van der Waals surface area (Å²) in [6.07, 6.45) is 4.59. The van der Waals surface area contributed by atoms with E-state index in [0.717, 1.165) is 11.1 Å². The monoisotopic (exact) mass is 452 g/mol. The molecule has 3 heterocycles. The van der Waals surface area contributed by atoms with E-state index in [2.05, 4.69) is 25.6 Å². The molecule has 10 heteroatoms. The number of nitrogens with zero attached hydrogens (tertiary/aromatic N) is 3. The van der Waals surface area contributed by atoms with Crippen LogP contribution in [0.15, 0.2) is 36.7 Å². The van der Waals surface area contributed by atoms with Gasteiger partial charge in [-0.2, -0.15) is 0 Å². The highest BCUT2D eigenvalue weighted by Gasteiger charge is 2.23. The van der Waals surface area contributed by atoms with Crippen LogP contribution in [0.1, 0.15) is 27.9 Å². The number of anilines is 2. The Kier molecular flexibility index (Phi) is 6.94. The molecule has 172 valence electrons. The van der Waals surface area contributed by atoms with E-state index in [-0.39, 0.29) is 18.4 Å². The molecule has 0 bridgehead atoms. The van der Waals surface area contributed by atoms with Crippen LogP contribution in [0.4, 0.5) is 16.2 Å². The molecule has 9 nitrogen and oxygen atoms in total. The van der Waals surface area contributed by atoms with Crippen molar-refractivity contribution < 1.29 is 18.7 Å². The smallest absolute Gasteiger partial charge is 0.251 e. The molecule has 0 aliphatic carbocycles. The van der Waals surface area contributed by atoms with Crippen molar-refractivity contribution in [2.24, 2.45) is 0 Å². The van der Waals surface area contributed by atoms with Gasteiger partial charge in [0.25, 0.3) is 5.91 Å². The average Bonchev–Trinajstić information content (AvgIpc) is 3.31. The van der Waals surface area contributed by atoms with E-state index in [4.69, 9.17) is 15.2 Å². The number of hydrogen-bond acceptors (Lipinski definition) is 8. The fourth-order valence-electron chi connectivity index (χ4n) is 3.60. The SMILES string of the molecule is COCCCNC(=O)c1ccc(F)c(CNc2ncc(-c3ccnc(N)n3)c3c2CCO3)c1. The first-order valence-corrected chi connectivity index (χ1v) is 10.6. The molecule has 1 aromatic carbocycles. The van der Waals surface area contributed by atoms with Gasteiger partial charge in [-0.3, -0.25) is 4.79 Å². The van der Waals surface area contributed by atoms with Crippen molar-refractivity contribution in [3.63, 3.8) is 0 Å². The molecule has 3 aromatic rings. The second-order valence-corrected chi connectivity index (χ2v) is 7.49. The number of pyridine rings is 1. The van der Waals surface area contributed by atoms with Gasteiger partial charge in [0.15, 0.2) is 0 Å². The molecule has 0 radical (unpaired) electrons. The third-order valence-corrected chi connectivity index (χ3v) is 5.24. The second-order valence-electron chi connectivity index (χ2n) is 7.49. The number of carbonyl (C=O) groups is 1. The Hall–Kier alpha value is -3.79. The summed E-state index contributed by atoms with van der Waals surface area (Å²) in [4.78, 5) is 25.0. The summed E-state index contributed by atoms with van der Waals surface area (Å²) in [6, 6.07) is 6.05. The van der Waals surface area contributed by atoms with Crippen LogP contribution in [-0.2, 0) is 17.7 Å². The molecule has 1 aliphatic rings. The van der Waals surface area contributed by atoms with Crippen molar-refractivity contribution >= 4 is 17.7 Å². The van der Waals surface area contributed by atoms with Gasteiger partial charge in [0.05, 0.1) is 17.9 Å². The molecule has 1 amide bonds. The Balaban J connectivity index is 1.49. The van der Waals surface area contributed by atoms with E-state index in [0.29, 0.717) is 61.0 Å². The van der Waals surface area contributed by atoms with Crippen LogP contribution >= 0.6 is 0 Å². The molecule has 0 saturated carbocycles. The molecular weight excluding hydrogens is 427 g/mol. The molecule has 0 spiro atoms.